The van der Waals surface area contributed by atoms with E-state index in [4.69, 9.17) is 5.73 Å². The Balaban J connectivity index is 1.47. The van der Waals surface area contributed by atoms with Crippen LogP contribution in [0.3, 0.4) is 0 Å². The normalized spacial score (nSPS) is 26.9. The maximum Gasteiger partial charge on any atom is 0.279 e. The van der Waals surface area contributed by atoms with E-state index in [1.54, 1.807) is 6.07 Å². The molecule has 2 saturated heterocycles. The lowest BCUT2D eigenvalue weighted by Crippen LogP contribution is -3.25. The van der Waals surface area contributed by atoms with Gasteiger partial charge in [0.15, 0.2) is 11.4 Å². The third-order valence-corrected chi connectivity index (χ3v) is 6.50. The summed E-state index contributed by atoms with van der Waals surface area (Å²) in [7, 11) is 0. The van der Waals surface area contributed by atoms with Crippen LogP contribution in [0.25, 0.3) is 10.9 Å². The first-order chi connectivity index (χ1) is 13.1. The minimum absolute atomic E-state index is 0.0868. The van der Waals surface area contributed by atoms with E-state index in [9.17, 15) is 9.59 Å². The molecule has 1 aromatic heterocycles. The van der Waals surface area contributed by atoms with Gasteiger partial charge in [0.05, 0.1) is 49.9 Å². The van der Waals surface area contributed by atoms with E-state index in [2.05, 4.69) is 9.97 Å². The Kier molecular flexibility index (Phi) is 4.97. The van der Waals surface area contributed by atoms with Crippen LogP contribution in [0.15, 0.2) is 29.1 Å². The van der Waals surface area contributed by atoms with Crippen LogP contribution in [0.2, 0.25) is 0 Å². The second-order valence-electron chi connectivity index (χ2n) is 8.07. The van der Waals surface area contributed by atoms with Crippen LogP contribution in [0.5, 0.6) is 0 Å². The fourth-order valence-electron chi connectivity index (χ4n) is 4.89. The molecule has 4 rings (SSSR count). The van der Waals surface area contributed by atoms with E-state index in [0.717, 1.165) is 44.5 Å². The van der Waals surface area contributed by atoms with E-state index in [0.29, 0.717) is 17.8 Å². The number of nitrogens with two attached hydrogens (primary N) is 1. The summed E-state index contributed by atoms with van der Waals surface area (Å²) < 4.78 is 0. The van der Waals surface area contributed by atoms with Crippen molar-refractivity contribution in [2.24, 2.45) is 5.73 Å². The molecule has 7 nitrogen and oxygen atoms in total. The average molecular weight is 371 g/mol. The van der Waals surface area contributed by atoms with Gasteiger partial charge < -0.3 is 20.5 Å². The summed E-state index contributed by atoms with van der Waals surface area (Å²) in [5, 5.41) is 0.622. The molecular formula is C20H29N5O2+2. The third kappa shape index (κ3) is 3.49. The number of likely N-dealkylation sites (tertiary alicyclic amines) is 2. The minimum Gasteiger partial charge on any atom is -0.364 e. The van der Waals surface area contributed by atoms with Crippen molar-refractivity contribution in [3.8, 4) is 0 Å². The molecule has 0 spiro atoms. The zero-order chi connectivity index (χ0) is 18.9. The van der Waals surface area contributed by atoms with Crippen molar-refractivity contribution in [2.75, 3.05) is 26.2 Å². The number of rotatable bonds is 4. The molecule has 27 heavy (non-hydrogen) atoms. The van der Waals surface area contributed by atoms with Crippen LogP contribution in [0.1, 0.15) is 37.9 Å². The van der Waals surface area contributed by atoms with Gasteiger partial charge in [-0.15, -0.1) is 0 Å². The molecule has 144 valence electrons. The summed E-state index contributed by atoms with van der Waals surface area (Å²) in [6.07, 6.45) is 5.25. The fraction of sp³-hybridized carbons (Fsp3) is 0.550. The molecule has 0 aliphatic carbocycles. The molecule has 0 unspecified atom stereocenters. The van der Waals surface area contributed by atoms with Gasteiger partial charge in [0.25, 0.3) is 11.5 Å². The van der Waals surface area contributed by atoms with E-state index in [1.807, 2.05) is 18.2 Å². The molecule has 0 atom stereocenters. The monoisotopic (exact) mass is 371 g/mol. The molecular weight excluding hydrogens is 342 g/mol. The lowest BCUT2D eigenvalue weighted by molar-refractivity contribution is -0.978. The van der Waals surface area contributed by atoms with Crippen LogP contribution in [-0.4, -0.2) is 47.6 Å². The summed E-state index contributed by atoms with van der Waals surface area (Å²) in [4.78, 5) is 34.9. The Hall–Kier alpha value is -2.25. The molecule has 2 aromatic rings. The Bertz CT molecular complexity index is 879. The lowest BCUT2D eigenvalue weighted by Gasteiger charge is -2.43. The van der Waals surface area contributed by atoms with Gasteiger partial charge in [0.1, 0.15) is 6.54 Å². The first-order valence-corrected chi connectivity index (χ1v) is 10.0. The Morgan fingerprint density at radius 3 is 2.52 bits per heavy atom. The highest BCUT2D eigenvalue weighted by molar-refractivity contribution is 5.83. The number of benzene rings is 1. The number of primary amides is 1. The summed E-state index contributed by atoms with van der Waals surface area (Å²) in [6, 6.07) is 7.41. The number of nitrogens with zero attached hydrogens (tertiary/aromatic N) is 1. The highest BCUT2D eigenvalue weighted by Gasteiger charge is 2.50. The van der Waals surface area contributed by atoms with Gasteiger partial charge in [-0.2, -0.15) is 0 Å². The summed E-state index contributed by atoms with van der Waals surface area (Å²) in [5.41, 5.74) is 6.12. The number of aromatic nitrogens is 2. The van der Waals surface area contributed by atoms with Gasteiger partial charge in [-0.1, -0.05) is 12.1 Å². The first-order valence-electron chi connectivity index (χ1n) is 10.0. The maximum absolute atomic E-state index is 12.4. The lowest BCUT2D eigenvalue weighted by atomic mass is 9.83. The van der Waals surface area contributed by atoms with E-state index >= 15 is 0 Å². The Morgan fingerprint density at radius 1 is 1.11 bits per heavy atom. The standard InChI is InChI=1S/C20H27N5O2/c21-19(27)20(25-10-4-1-5-11-25)8-12-24(13-9-20)14-17-22-16-7-3-2-6-15(16)18(26)23-17/h2-3,6-7H,1,4-5,8-14H2,(H2,21,27)(H,22,23,26)/p+2. The SMILES string of the molecule is NC(=O)C1([NH+]2CCCCC2)CC[NH+](Cc2nc3ccccc3c(=O)[nH]2)CC1. The van der Waals surface area contributed by atoms with Crippen LogP contribution >= 0.6 is 0 Å². The number of hydrogen-bond donors (Lipinski definition) is 4. The van der Waals surface area contributed by atoms with Crippen molar-refractivity contribution >= 4 is 16.8 Å². The number of amides is 1. The van der Waals surface area contributed by atoms with E-state index in [-0.39, 0.29) is 11.5 Å². The fourth-order valence-corrected chi connectivity index (χ4v) is 4.89. The summed E-state index contributed by atoms with van der Waals surface area (Å²) in [5.74, 6) is 0.571. The molecule has 5 N–H and O–H groups in total. The van der Waals surface area contributed by atoms with Crippen LogP contribution in [-0.2, 0) is 11.3 Å². The van der Waals surface area contributed by atoms with Gasteiger partial charge in [-0.25, -0.2) is 4.98 Å². The number of aromatic amines is 1. The van der Waals surface area contributed by atoms with Crippen LogP contribution < -0.4 is 21.1 Å². The zero-order valence-corrected chi connectivity index (χ0v) is 15.7. The molecule has 2 aliphatic heterocycles. The first kappa shape index (κ1) is 18.1. The molecule has 0 saturated carbocycles. The molecule has 2 aliphatic rings. The number of piperidine rings is 2. The number of nitrogens with one attached hydrogen (secondary N) is 3. The van der Waals surface area contributed by atoms with Crippen molar-refractivity contribution in [2.45, 2.75) is 44.2 Å². The number of para-hydroxylation sites is 1. The van der Waals surface area contributed by atoms with Gasteiger partial charge in [0.2, 0.25) is 0 Å². The topological polar surface area (TPSA) is 97.7 Å². The number of fused-ring (bicyclic) bond motifs is 1. The van der Waals surface area contributed by atoms with Gasteiger partial charge in [0, 0.05) is 0 Å². The predicted octanol–water partition coefficient (Wildman–Crippen LogP) is -1.61. The van der Waals surface area contributed by atoms with Crippen LogP contribution in [0, 0.1) is 0 Å². The number of H-pyrrole nitrogens is 1. The second-order valence-corrected chi connectivity index (χ2v) is 8.07. The summed E-state index contributed by atoms with van der Waals surface area (Å²) >= 11 is 0. The van der Waals surface area contributed by atoms with Crippen molar-refractivity contribution in [1.29, 1.82) is 0 Å². The molecule has 0 bridgehead atoms. The smallest absolute Gasteiger partial charge is 0.279 e. The molecule has 0 radical (unpaired) electrons. The molecule has 3 heterocycles. The Labute approximate surface area is 158 Å². The highest BCUT2D eigenvalue weighted by Crippen LogP contribution is 2.15. The number of quaternary nitrogens is 2. The van der Waals surface area contributed by atoms with Crippen molar-refractivity contribution < 1.29 is 14.6 Å². The molecule has 7 heteroatoms. The second kappa shape index (κ2) is 7.40. The maximum atomic E-state index is 12.4. The van der Waals surface area contributed by atoms with E-state index < -0.39 is 5.54 Å². The molecule has 1 aromatic carbocycles. The van der Waals surface area contributed by atoms with E-state index in [1.165, 1.54) is 29.1 Å². The highest BCUT2D eigenvalue weighted by atomic mass is 16.1. The Morgan fingerprint density at radius 2 is 1.81 bits per heavy atom. The number of hydrogen-bond acceptors (Lipinski definition) is 3. The largest absolute Gasteiger partial charge is 0.364 e. The van der Waals surface area contributed by atoms with Crippen molar-refractivity contribution in [1.82, 2.24) is 9.97 Å². The van der Waals surface area contributed by atoms with Crippen molar-refractivity contribution in [3.63, 3.8) is 0 Å². The molecule has 1 amide bonds. The van der Waals surface area contributed by atoms with Gasteiger partial charge >= 0.3 is 0 Å². The van der Waals surface area contributed by atoms with Crippen LogP contribution in [0.4, 0.5) is 0 Å². The third-order valence-electron chi connectivity index (χ3n) is 6.50. The summed E-state index contributed by atoms with van der Waals surface area (Å²) in [6.45, 7) is 4.53. The minimum atomic E-state index is -0.409. The quantitative estimate of drug-likeness (QED) is 0.521. The predicted molar refractivity (Wildman–Crippen MR) is 102 cm³/mol. The number of carbonyl (C=O) groups is 1. The van der Waals surface area contributed by atoms with Crippen molar-refractivity contribution in [3.05, 3.63) is 40.4 Å². The zero-order valence-electron chi connectivity index (χ0n) is 15.7. The van der Waals surface area contributed by atoms with Gasteiger partial charge in [-0.3, -0.25) is 9.59 Å². The number of carbonyl (C=O) groups excluding carboxylic acids is 1. The van der Waals surface area contributed by atoms with Gasteiger partial charge in [-0.05, 0) is 31.4 Å². The average Bonchev–Trinajstić information content (AvgIpc) is 2.69. The molecule has 2 fully saturated rings.